The summed E-state index contributed by atoms with van der Waals surface area (Å²) in [4.78, 5) is 38.5. The molecule has 1 aliphatic carbocycles. The molecular weight excluding hydrogens is 438 g/mol. The van der Waals surface area contributed by atoms with Crippen molar-refractivity contribution in [3.63, 3.8) is 0 Å². The quantitative estimate of drug-likeness (QED) is 0.379. The molecule has 0 aliphatic heterocycles. The molecule has 1 saturated carbocycles. The van der Waals surface area contributed by atoms with Crippen LogP contribution in [0.3, 0.4) is 0 Å². The van der Waals surface area contributed by atoms with Gasteiger partial charge in [0.2, 0.25) is 5.91 Å². The van der Waals surface area contributed by atoms with Gasteiger partial charge in [0.15, 0.2) is 0 Å². The number of amides is 1. The molecule has 3 aromatic carbocycles. The Morgan fingerprint density at radius 1 is 0.886 bits per heavy atom. The summed E-state index contributed by atoms with van der Waals surface area (Å²) in [6, 6.07) is 29.0. The van der Waals surface area contributed by atoms with Crippen LogP contribution in [-0.2, 0) is 24.5 Å². The highest BCUT2D eigenvalue weighted by molar-refractivity contribution is 5.87. The molecule has 1 aliphatic rings. The first-order valence-electron chi connectivity index (χ1n) is 12.1. The number of esters is 1. The van der Waals surface area contributed by atoms with Gasteiger partial charge in [0.25, 0.3) is 0 Å². The van der Waals surface area contributed by atoms with E-state index in [1.54, 1.807) is 0 Å². The van der Waals surface area contributed by atoms with E-state index in [2.05, 4.69) is 5.32 Å². The average Bonchev–Trinajstić information content (AvgIpc) is 2.91. The van der Waals surface area contributed by atoms with Crippen molar-refractivity contribution in [2.45, 2.75) is 43.6 Å². The lowest BCUT2D eigenvalue weighted by Gasteiger charge is -2.36. The van der Waals surface area contributed by atoms with E-state index in [0.717, 1.165) is 23.1 Å². The van der Waals surface area contributed by atoms with E-state index in [0.29, 0.717) is 12.8 Å². The van der Waals surface area contributed by atoms with Crippen LogP contribution in [0, 0.1) is 5.92 Å². The van der Waals surface area contributed by atoms with Crippen molar-refractivity contribution >= 4 is 17.7 Å². The van der Waals surface area contributed by atoms with Crippen molar-refractivity contribution in [2.24, 2.45) is 5.92 Å². The summed E-state index contributed by atoms with van der Waals surface area (Å²) in [5.74, 6) is -0.915. The third-order valence-corrected chi connectivity index (χ3v) is 6.99. The molecule has 2 atom stereocenters. The van der Waals surface area contributed by atoms with E-state index in [9.17, 15) is 14.4 Å². The van der Waals surface area contributed by atoms with Crippen molar-refractivity contribution in [1.29, 1.82) is 0 Å². The maximum atomic E-state index is 13.7. The second-order valence-corrected chi connectivity index (χ2v) is 9.14. The number of nitrogens with one attached hydrogen (secondary N) is 1. The van der Waals surface area contributed by atoms with E-state index < -0.39 is 17.4 Å². The lowest BCUT2D eigenvalue weighted by Crippen LogP contribution is -2.49. The summed E-state index contributed by atoms with van der Waals surface area (Å²) in [6.07, 6.45) is 2.32. The van der Waals surface area contributed by atoms with Crippen LogP contribution < -0.4 is 5.32 Å². The lowest BCUT2D eigenvalue weighted by molar-refractivity contribution is -0.147. The molecule has 1 fully saturated rings. The Balaban J connectivity index is 1.75. The molecule has 0 radical (unpaired) electrons. The number of carbonyl (C=O) groups is 3. The molecule has 5 nitrogen and oxygen atoms in total. The Hall–Kier alpha value is -3.73. The Morgan fingerprint density at radius 2 is 1.37 bits per heavy atom. The van der Waals surface area contributed by atoms with Crippen LogP contribution in [0.15, 0.2) is 91.0 Å². The number of ketones is 1. The number of Topliss-reactive ketones (excluding diaryl/α,β-unsaturated/α-hetero) is 1. The second kappa shape index (κ2) is 11.1. The zero-order chi connectivity index (χ0) is 24.7. The van der Waals surface area contributed by atoms with Crippen molar-refractivity contribution in [2.75, 3.05) is 7.11 Å². The van der Waals surface area contributed by atoms with Crippen molar-refractivity contribution < 1.29 is 19.1 Å². The predicted octanol–water partition coefficient (Wildman–Crippen LogP) is 4.83. The minimum Gasteiger partial charge on any atom is -0.467 e. The second-order valence-electron chi connectivity index (χ2n) is 9.14. The van der Waals surface area contributed by atoms with Crippen LogP contribution in [0.25, 0.3) is 0 Å². The van der Waals surface area contributed by atoms with E-state index in [4.69, 9.17) is 4.74 Å². The third kappa shape index (κ3) is 5.35. The molecule has 3 aromatic rings. The molecule has 5 heteroatoms. The van der Waals surface area contributed by atoms with Gasteiger partial charge in [-0.2, -0.15) is 0 Å². The summed E-state index contributed by atoms with van der Waals surface area (Å²) in [5.41, 5.74) is 2.18. The number of methoxy groups -OCH3 is 1. The zero-order valence-corrected chi connectivity index (χ0v) is 20.0. The van der Waals surface area contributed by atoms with Gasteiger partial charge in [-0.3, -0.25) is 9.59 Å². The molecule has 0 saturated heterocycles. The normalized spacial score (nSPS) is 16.8. The number of benzene rings is 3. The SMILES string of the molecule is COC(=O)[C@@H](NC(=O)CC(c1ccccc1)(c1ccccc1)c1ccccc1)[C@@H]1CCCC(=O)C1. The fourth-order valence-electron chi connectivity index (χ4n) is 5.28. The number of hydrogen-bond acceptors (Lipinski definition) is 4. The summed E-state index contributed by atoms with van der Waals surface area (Å²) in [5, 5.41) is 2.96. The van der Waals surface area contributed by atoms with Crippen LogP contribution in [0.4, 0.5) is 0 Å². The maximum Gasteiger partial charge on any atom is 0.328 e. The number of rotatable bonds is 8. The van der Waals surface area contributed by atoms with Gasteiger partial charge in [0.05, 0.1) is 12.5 Å². The molecule has 1 amide bonds. The van der Waals surface area contributed by atoms with Gasteiger partial charge in [-0.1, -0.05) is 91.0 Å². The minimum atomic E-state index is -0.850. The summed E-state index contributed by atoms with van der Waals surface area (Å²) in [6.45, 7) is 0. The van der Waals surface area contributed by atoms with Gasteiger partial charge >= 0.3 is 5.97 Å². The van der Waals surface area contributed by atoms with E-state index in [1.165, 1.54) is 7.11 Å². The number of hydrogen-bond donors (Lipinski definition) is 1. The Morgan fingerprint density at radius 3 is 1.80 bits per heavy atom. The lowest BCUT2D eigenvalue weighted by atomic mass is 9.67. The highest BCUT2D eigenvalue weighted by Crippen LogP contribution is 2.42. The Bertz CT molecular complexity index is 1050. The van der Waals surface area contributed by atoms with Crippen LogP contribution in [0.1, 0.15) is 48.8 Å². The first kappa shape index (κ1) is 24.4. The molecule has 35 heavy (non-hydrogen) atoms. The minimum absolute atomic E-state index is 0.0964. The largest absolute Gasteiger partial charge is 0.467 e. The molecule has 1 N–H and O–H groups in total. The Kier molecular flexibility index (Phi) is 7.76. The monoisotopic (exact) mass is 469 g/mol. The summed E-state index contributed by atoms with van der Waals surface area (Å²) >= 11 is 0. The van der Waals surface area contributed by atoms with Crippen LogP contribution in [0.2, 0.25) is 0 Å². The fraction of sp³-hybridized carbons (Fsp3) is 0.300. The zero-order valence-electron chi connectivity index (χ0n) is 20.0. The van der Waals surface area contributed by atoms with E-state index in [1.807, 2.05) is 91.0 Å². The molecule has 180 valence electrons. The molecule has 0 heterocycles. The highest BCUT2D eigenvalue weighted by atomic mass is 16.5. The molecule has 0 spiro atoms. The first-order valence-corrected chi connectivity index (χ1v) is 12.1. The average molecular weight is 470 g/mol. The first-order chi connectivity index (χ1) is 17.0. The van der Waals surface area contributed by atoms with E-state index >= 15 is 0 Å². The predicted molar refractivity (Wildman–Crippen MR) is 135 cm³/mol. The van der Waals surface area contributed by atoms with Gasteiger partial charge in [-0.15, -0.1) is 0 Å². The van der Waals surface area contributed by atoms with Crippen LogP contribution >= 0.6 is 0 Å². The molecule has 0 unspecified atom stereocenters. The third-order valence-electron chi connectivity index (χ3n) is 6.99. The maximum absolute atomic E-state index is 13.7. The molecule has 0 bridgehead atoms. The van der Waals surface area contributed by atoms with Crippen molar-refractivity contribution in [3.8, 4) is 0 Å². The topological polar surface area (TPSA) is 72.5 Å². The fourth-order valence-corrected chi connectivity index (χ4v) is 5.28. The molecule has 4 rings (SSSR count). The van der Waals surface area contributed by atoms with Crippen molar-refractivity contribution in [3.05, 3.63) is 108 Å². The molecular formula is C30H31NO4. The van der Waals surface area contributed by atoms with Crippen LogP contribution in [0.5, 0.6) is 0 Å². The van der Waals surface area contributed by atoms with Gasteiger partial charge in [0.1, 0.15) is 11.8 Å². The van der Waals surface area contributed by atoms with Gasteiger partial charge in [-0.05, 0) is 35.4 Å². The van der Waals surface area contributed by atoms with E-state index in [-0.39, 0.29) is 30.4 Å². The standard InChI is InChI=1S/C30H31NO4/c1-35-29(34)28(22-12-11-19-26(32)20-22)31-27(33)21-30(23-13-5-2-6-14-23,24-15-7-3-8-16-24)25-17-9-4-10-18-25/h2-10,13-18,22,28H,11-12,19-21H2,1H3,(H,31,33)/t22-,28+/m1/s1. The van der Waals surface area contributed by atoms with Crippen molar-refractivity contribution in [1.82, 2.24) is 5.32 Å². The van der Waals surface area contributed by atoms with Gasteiger partial charge in [-0.25, -0.2) is 4.79 Å². The smallest absolute Gasteiger partial charge is 0.328 e. The van der Waals surface area contributed by atoms with Gasteiger partial charge in [0, 0.05) is 19.3 Å². The highest BCUT2D eigenvalue weighted by Gasteiger charge is 2.40. The van der Waals surface area contributed by atoms with Crippen LogP contribution in [-0.4, -0.2) is 30.8 Å². The summed E-state index contributed by atoms with van der Waals surface area (Å²) in [7, 11) is 1.31. The number of carbonyl (C=O) groups excluding carboxylic acids is 3. The Labute approximate surface area is 206 Å². The number of ether oxygens (including phenoxy) is 1. The van der Waals surface area contributed by atoms with Gasteiger partial charge < -0.3 is 10.1 Å². The summed E-state index contributed by atoms with van der Waals surface area (Å²) < 4.78 is 5.02. The molecule has 0 aromatic heterocycles.